The zero-order valence-corrected chi connectivity index (χ0v) is 14.9. The lowest BCUT2D eigenvalue weighted by Gasteiger charge is -2.00. The second-order valence-corrected chi connectivity index (χ2v) is 7.51. The summed E-state index contributed by atoms with van der Waals surface area (Å²) < 4.78 is 5.50. The van der Waals surface area contributed by atoms with E-state index in [4.69, 9.17) is 9.68 Å². The van der Waals surface area contributed by atoms with Gasteiger partial charge in [-0.15, -0.1) is 32.9 Å². The van der Waals surface area contributed by atoms with E-state index in [2.05, 4.69) is 20.5 Å². The molecule has 3 aromatic rings. The third-order valence-electron chi connectivity index (χ3n) is 2.81. The lowest BCUT2D eigenvalue weighted by Crippen LogP contribution is -2.13. The van der Waals surface area contributed by atoms with Crippen molar-refractivity contribution in [2.75, 3.05) is 11.1 Å². The first-order valence-corrected chi connectivity index (χ1v) is 9.52. The van der Waals surface area contributed by atoms with Crippen molar-refractivity contribution >= 4 is 45.3 Å². The molecule has 0 saturated carbocycles. The summed E-state index contributed by atoms with van der Waals surface area (Å²) >= 11 is 4.03. The largest absolute Gasteiger partial charge is 0.416 e. The number of hydrogen-bond donors (Lipinski definition) is 1. The minimum Gasteiger partial charge on any atom is -0.416 e. The number of carbonyl (C=O) groups excluding carboxylic acids is 1. The molecule has 0 aliphatic rings. The second-order valence-electron chi connectivity index (χ2n) is 4.61. The normalized spacial score (nSPS) is 10.5. The molecular weight excluding hydrogens is 366 g/mol. The van der Waals surface area contributed by atoms with Crippen molar-refractivity contribution < 1.29 is 9.21 Å². The van der Waals surface area contributed by atoms with Gasteiger partial charge in [0.2, 0.25) is 11.8 Å². The molecule has 0 fully saturated rings. The highest BCUT2D eigenvalue weighted by atomic mass is 32.2. The third-order valence-corrected chi connectivity index (χ3v) is 5.28. The summed E-state index contributed by atoms with van der Waals surface area (Å²) in [5.74, 6) is 0.363. The summed E-state index contributed by atoms with van der Waals surface area (Å²) in [5.41, 5.74) is 1.34. The quantitative estimate of drug-likeness (QED) is 0.658. The molecule has 24 heavy (non-hydrogen) atoms. The lowest BCUT2D eigenvalue weighted by molar-refractivity contribution is -0.113. The SMILES string of the molecule is Cc1nc(Cc2nnc(SCC(=O)Nc3sccc3C#N)o2)cs1. The van der Waals surface area contributed by atoms with Gasteiger partial charge < -0.3 is 9.73 Å². The van der Waals surface area contributed by atoms with Crippen LogP contribution in [0.5, 0.6) is 0 Å². The molecule has 1 amide bonds. The van der Waals surface area contributed by atoms with Gasteiger partial charge in [-0.05, 0) is 18.4 Å². The average molecular weight is 377 g/mol. The van der Waals surface area contributed by atoms with Crippen molar-refractivity contribution in [3.05, 3.63) is 39.0 Å². The molecule has 3 aromatic heterocycles. The first-order chi connectivity index (χ1) is 11.6. The van der Waals surface area contributed by atoms with Gasteiger partial charge in [0.1, 0.15) is 11.1 Å². The molecule has 0 atom stereocenters. The Bertz CT molecular complexity index is 892. The Morgan fingerprint density at radius 1 is 1.46 bits per heavy atom. The molecular formula is C14H11N5O2S3. The predicted molar refractivity (Wildman–Crippen MR) is 92.3 cm³/mol. The molecule has 0 radical (unpaired) electrons. The van der Waals surface area contributed by atoms with Gasteiger partial charge in [0.05, 0.1) is 28.4 Å². The van der Waals surface area contributed by atoms with Crippen molar-refractivity contribution in [3.8, 4) is 6.07 Å². The number of thiophene rings is 1. The van der Waals surface area contributed by atoms with E-state index in [9.17, 15) is 4.79 Å². The molecule has 7 nitrogen and oxygen atoms in total. The Morgan fingerprint density at radius 3 is 3.08 bits per heavy atom. The number of hydrogen-bond acceptors (Lipinski definition) is 9. The zero-order valence-electron chi connectivity index (χ0n) is 12.5. The van der Waals surface area contributed by atoms with E-state index in [1.807, 2.05) is 18.4 Å². The summed E-state index contributed by atoms with van der Waals surface area (Å²) in [7, 11) is 0. The first kappa shape index (κ1) is 16.6. The predicted octanol–water partition coefficient (Wildman–Crippen LogP) is 3.09. The van der Waals surface area contributed by atoms with Crippen LogP contribution in [0.2, 0.25) is 0 Å². The number of carbonyl (C=O) groups is 1. The van der Waals surface area contributed by atoms with E-state index in [-0.39, 0.29) is 11.7 Å². The lowest BCUT2D eigenvalue weighted by atomic mass is 10.3. The Hall–Kier alpha value is -2.22. The number of aryl methyl sites for hydroxylation is 1. The molecule has 3 rings (SSSR count). The van der Waals surface area contributed by atoms with Gasteiger partial charge in [0, 0.05) is 5.38 Å². The highest BCUT2D eigenvalue weighted by Crippen LogP contribution is 2.23. The number of nitriles is 1. The number of nitrogens with one attached hydrogen (secondary N) is 1. The second kappa shape index (κ2) is 7.57. The van der Waals surface area contributed by atoms with Crippen molar-refractivity contribution in [1.29, 1.82) is 5.26 Å². The molecule has 3 heterocycles. The van der Waals surface area contributed by atoms with Gasteiger partial charge >= 0.3 is 0 Å². The highest BCUT2D eigenvalue weighted by molar-refractivity contribution is 7.99. The standard InChI is InChI=1S/C14H11N5O2S3/c1-8-16-10(6-23-8)4-12-18-19-14(21-12)24-7-11(20)17-13-9(5-15)2-3-22-13/h2-3,6H,4,7H2,1H3,(H,17,20). The van der Waals surface area contributed by atoms with Crippen LogP contribution in [0.25, 0.3) is 0 Å². The summed E-state index contributed by atoms with van der Waals surface area (Å²) in [6.45, 7) is 1.94. The minimum atomic E-state index is -0.228. The van der Waals surface area contributed by atoms with Crippen LogP contribution in [0.15, 0.2) is 26.5 Å². The summed E-state index contributed by atoms with van der Waals surface area (Å²) in [4.78, 5) is 16.3. The van der Waals surface area contributed by atoms with Gasteiger partial charge in [-0.1, -0.05) is 11.8 Å². The van der Waals surface area contributed by atoms with E-state index in [0.29, 0.717) is 28.1 Å². The van der Waals surface area contributed by atoms with E-state index < -0.39 is 0 Å². The Kier molecular flexibility index (Phi) is 5.24. The fourth-order valence-corrected chi connectivity index (χ4v) is 3.74. The maximum atomic E-state index is 11.9. The highest BCUT2D eigenvalue weighted by Gasteiger charge is 2.13. The van der Waals surface area contributed by atoms with Crippen LogP contribution in [0.3, 0.4) is 0 Å². The Labute approximate surface area is 149 Å². The number of nitrogens with zero attached hydrogens (tertiary/aromatic N) is 4. The Balaban J connectivity index is 1.52. The third kappa shape index (κ3) is 4.19. The van der Waals surface area contributed by atoms with Gasteiger partial charge in [-0.25, -0.2) is 4.98 Å². The number of amides is 1. The molecule has 1 N–H and O–H groups in total. The first-order valence-electron chi connectivity index (χ1n) is 6.77. The Morgan fingerprint density at radius 2 is 2.33 bits per heavy atom. The maximum Gasteiger partial charge on any atom is 0.277 e. The summed E-state index contributed by atoms with van der Waals surface area (Å²) in [5, 5.41) is 25.1. The smallest absolute Gasteiger partial charge is 0.277 e. The molecule has 122 valence electrons. The van der Waals surface area contributed by atoms with Crippen molar-refractivity contribution in [2.45, 2.75) is 18.6 Å². The van der Waals surface area contributed by atoms with Gasteiger partial charge in [0.15, 0.2) is 0 Å². The number of anilines is 1. The molecule has 0 saturated heterocycles. The fourth-order valence-electron chi connectivity index (χ4n) is 1.80. The van der Waals surface area contributed by atoms with E-state index in [1.165, 1.54) is 11.3 Å². The number of aromatic nitrogens is 3. The van der Waals surface area contributed by atoms with Crippen LogP contribution in [0.4, 0.5) is 5.00 Å². The number of thiazole rings is 1. The van der Waals surface area contributed by atoms with Crippen molar-refractivity contribution in [3.63, 3.8) is 0 Å². The van der Waals surface area contributed by atoms with Gasteiger partial charge in [-0.2, -0.15) is 5.26 Å². The molecule has 0 spiro atoms. The minimum absolute atomic E-state index is 0.125. The number of thioether (sulfide) groups is 1. The van der Waals surface area contributed by atoms with Crippen LogP contribution in [0, 0.1) is 18.3 Å². The summed E-state index contributed by atoms with van der Waals surface area (Å²) in [6.07, 6.45) is 0.477. The van der Waals surface area contributed by atoms with Gasteiger partial charge in [0.25, 0.3) is 5.22 Å². The number of rotatable bonds is 6. The maximum absolute atomic E-state index is 11.9. The fraction of sp³-hybridized carbons (Fsp3) is 0.214. The molecule has 0 aromatic carbocycles. The van der Waals surface area contributed by atoms with Crippen LogP contribution in [-0.2, 0) is 11.2 Å². The van der Waals surface area contributed by atoms with Crippen molar-refractivity contribution in [2.24, 2.45) is 0 Å². The van der Waals surface area contributed by atoms with Crippen LogP contribution >= 0.6 is 34.4 Å². The van der Waals surface area contributed by atoms with E-state index in [0.717, 1.165) is 22.5 Å². The van der Waals surface area contributed by atoms with Crippen LogP contribution in [-0.4, -0.2) is 26.8 Å². The van der Waals surface area contributed by atoms with Crippen LogP contribution < -0.4 is 5.32 Å². The van der Waals surface area contributed by atoms with Gasteiger partial charge in [-0.3, -0.25) is 4.79 Å². The van der Waals surface area contributed by atoms with E-state index in [1.54, 1.807) is 22.8 Å². The molecule has 0 aliphatic heterocycles. The molecule has 10 heteroatoms. The van der Waals surface area contributed by atoms with Crippen LogP contribution in [0.1, 0.15) is 22.2 Å². The molecule has 0 unspecified atom stereocenters. The van der Waals surface area contributed by atoms with Crippen molar-refractivity contribution in [1.82, 2.24) is 15.2 Å². The molecule has 0 aliphatic carbocycles. The van der Waals surface area contributed by atoms with E-state index >= 15 is 0 Å². The monoisotopic (exact) mass is 377 g/mol. The molecule has 0 bridgehead atoms. The topological polar surface area (TPSA) is 105 Å². The average Bonchev–Trinajstić information content (AvgIpc) is 3.28. The summed E-state index contributed by atoms with van der Waals surface area (Å²) in [6, 6.07) is 3.69. The zero-order chi connectivity index (χ0) is 16.9.